The fourth-order valence-electron chi connectivity index (χ4n) is 2.03. The summed E-state index contributed by atoms with van der Waals surface area (Å²) in [4.78, 5) is 37.1. The summed E-state index contributed by atoms with van der Waals surface area (Å²) in [6.07, 6.45) is 3.18. The molecule has 0 aliphatic carbocycles. The van der Waals surface area contributed by atoms with E-state index >= 15 is 0 Å². The molecule has 1 aliphatic heterocycles. The number of halogens is 1. The van der Waals surface area contributed by atoms with E-state index in [1.54, 1.807) is 31.2 Å². The molecule has 0 spiro atoms. The maximum atomic E-state index is 12.4. The molecule has 0 saturated carbocycles. The molecule has 0 radical (unpaired) electrons. The Hall–Kier alpha value is -2.06. The highest BCUT2D eigenvalue weighted by Gasteiger charge is 2.36. The summed E-state index contributed by atoms with van der Waals surface area (Å²) in [5.41, 5.74) is 0.637. The summed E-state index contributed by atoms with van der Waals surface area (Å²) in [5.74, 6) is -0.596. The van der Waals surface area contributed by atoms with Gasteiger partial charge in [0.15, 0.2) is 0 Å². The molecule has 0 bridgehead atoms. The van der Waals surface area contributed by atoms with Crippen molar-refractivity contribution in [2.45, 2.75) is 6.92 Å². The van der Waals surface area contributed by atoms with E-state index in [4.69, 9.17) is 9.47 Å². The molecule has 132 valence electrons. The second-order valence-electron chi connectivity index (χ2n) is 4.85. The number of hydrogen-bond donors (Lipinski definition) is 0. The topological polar surface area (TPSA) is 72.9 Å². The molecule has 1 saturated heterocycles. The molecule has 8 heteroatoms. The van der Waals surface area contributed by atoms with E-state index in [0.29, 0.717) is 17.9 Å². The van der Waals surface area contributed by atoms with E-state index in [1.165, 1.54) is 0 Å². The molecule has 6 nitrogen and oxygen atoms in total. The number of hydrogen-bond acceptors (Lipinski definition) is 6. The van der Waals surface area contributed by atoms with Crippen LogP contribution in [0.3, 0.4) is 0 Å². The van der Waals surface area contributed by atoms with Gasteiger partial charge in [-0.1, -0.05) is 28.6 Å². The Kier molecular flexibility index (Phi) is 6.83. The third-order valence-corrected chi connectivity index (χ3v) is 4.48. The molecule has 1 aromatic rings. The van der Waals surface area contributed by atoms with Crippen molar-refractivity contribution in [3.05, 3.63) is 45.8 Å². The van der Waals surface area contributed by atoms with Crippen LogP contribution in [0.15, 0.2) is 40.2 Å². The molecule has 1 fully saturated rings. The molecular weight excluding hydrogens is 410 g/mol. The smallest absolute Gasteiger partial charge is 0.326 e. The summed E-state index contributed by atoms with van der Waals surface area (Å²) in [7, 11) is 0. The van der Waals surface area contributed by atoms with Gasteiger partial charge in [0.2, 0.25) is 0 Å². The standard InChI is InChI=1S/C17H16BrNO5S/c1-3-7-24-13-6-5-12(18)8-11(13)9-14-16(21)19(17(22)25-14)10-15(20)23-4-2/h3,5-6,8-9H,1,4,7,10H2,2H3/b14-9-. The summed E-state index contributed by atoms with van der Waals surface area (Å²) in [6.45, 7) is 5.36. The lowest BCUT2D eigenvalue weighted by molar-refractivity contribution is -0.145. The number of thioether (sulfide) groups is 1. The van der Waals surface area contributed by atoms with Crippen LogP contribution in [0.2, 0.25) is 0 Å². The minimum atomic E-state index is -0.622. The van der Waals surface area contributed by atoms with Gasteiger partial charge in [0, 0.05) is 10.0 Å². The normalized spacial score (nSPS) is 15.6. The molecule has 1 heterocycles. The van der Waals surface area contributed by atoms with Crippen LogP contribution in [0, 0.1) is 0 Å². The Morgan fingerprint density at radius 1 is 1.40 bits per heavy atom. The SMILES string of the molecule is C=CCOc1ccc(Br)cc1/C=C1\SC(=O)N(CC(=O)OCC)C1=O. The molecule has 25 heavy (non-hydrogen) atoms. The molecular formula is C17H16BrNO5S. The number of carbonyl (C=O) groups excluding carboxylic acids is 3. The van der Waals surface area contributed by atoms with Gasteiger partial charge in [-0.15, -0.1) is 0 Å². The zero-order valence-electron chi connectivity index (χ0n) is 13.5. The Labute approximate surface area is 158 Å². The van der Waals surface area contributed by atoms with Crippen molar-refractivity contribution in [1.82, 2.24) is 4.90 Å². The lowest BCUT2D eigenvalue weighted by Crippen LogP contribution is -2.34. The van der Waals surface area contributed by atoms with E-state index in [0.717, 1.165) is 21.1 Å². The Morgan fingerprint density at radius 3 is 2.84 bits per heavy atom. The predicted molar refractivity (Wildman–Crippen MR) is 99.1 cm³/mol. The first-order valence-electron chi connectivity index (χ1n) is 7.40. The van der Waals surface area contributed by atoms with Crippen molar-refractivity contribution in [1.29, 1.82) is 0 Å². The monoisotopic (exact) mass is 425 g/mol. The molecule has 1 aliphatic rings. The number of nitrogens with zero attached hydrogens (tertiary/aromatic N) is 1. The van der Waals surface area contributed by atoms with Gasteiger partial charge in [-0.2, -0.15) is 0 Å². The van der Waals surface area contributed by atoms with Gasteiger partial charge in [-0.3, -0.25) is 19.3 Å². The average molecular weight is 426 g/mol. The van der Waals surface area contributed by atoms with E-state index in [2.05, 4.69) is 22.5 Å². The average Bonchev–Trinajstić information content (AvgIpc) is 2.82. The summed E-state index contributed by atoms with van der Waals surface area (Å²) < 4.78 is 11.1. The van der Waals surface area contributed by atoms with Crippen LogP contribution in [0.1, 0.15) is 12.5 Å². The second kappa shape index (κ2) is 8.87. The van der Waals surface area contributed by atoms with Gasteiger partial charge >= 0.3 is 5.97 Å². The van der Waals surface area contributed by atoms with Crippen LogP contribution in [0.4, 0.5) is 4.79 Å². The van der Waals surface area contributed by atoms with E-state index in [9.17, 15) is 14.4 Å². The molecule has 0 N–H and O–H groups in total. The minimum Gasteiger partial charge on any atom is -0.489 e. The third kappa shape index (κ3) is 4.96. The zero-order chi connectivity index (χ0) is 18.4. The van der Waals surface area contributed by atoms with Crippen molar-refractivity contribution < 1.29 is 23.9 Å². The first-order valence-corrected chi connectivity index (χ1v) is 9.01. The first kappa shape index (κ1) is 19.3. The van der Waals surface area contributed by atoms with E-state index in [-0.39, 0.29) is 11.5 Å². The Morgan fingerprint density at radius 2 is 2.16 bits per heavy atom. The number of ether oxygens (including phenoxy) is 2. The fourth-order valence-corrected chi connectivity index (χ4v) is 3.23. The van der Waals surface area contributed by atoms with Gasteiger partial charge in [0.25, 0.3) is 11.1 Å². The fraction of sp³-hybridized carbons (Fsp3) is 0.235. The molecule has 0 atom stereocenters. The van der Waals surface area contributed by atoms with Crippen LogP contribution in [-0.4, -0.2) is 41.8 Å². The number of rotatable bonds is 7. The molecule has 1 aromatic carbocycles. The van der Waals surface area contributed by atoms with Gasteiger partial charge in [-0.05, 0) is 43.0 Å². The van der Waals surface area contributed by atoms with Gasteiger partial charge in [-0.25, -0.2) is 0 Å². The van der Waals surface area contributed by atoms with E-state index in [1.807, 2.05) is 6.07 Å². The van der Waals surface area contributed by atoms with Crippen molar-refractivity contribution >= 4 is 50.9 Å². The van der Waals surface area contributed by atoms with Crippen molar-refractivity contribution in [2.24, 2.45) is 0 Å². The largest absolute Gasteiger partial charge is 0.489 e. The van der Waals surface area contributed by atoms with Crippen molar-refractivity contribution in [2.75, 3.05) is 19.8 Å². The second-order valence-corrected chi connectivity index (χ2v) is 6.76. The Bertz CT molecular complexity index is 747. The number of carbonyl (C=O) groups is 3. The lowest BCUT2D eigenvalue weighted by atomic mass is 10.2. The van der Waals surface area contributed by atoms with Crippen molar-refractivity contribution in [3.8, 4) is 5.75 Å². The van der Waals surface area contributed by atoms with Crippen LogP contribution in [0.5, 0.6) is 5.75 Å². The summed E-state index contributed by atoms with van der Waals surface area (Å²) >= 11 is 4.14. The number of imide groups is 1. The molecule has 2 amide bonds. The lowest BCUT2D eigenvalue weighted by Gasteiger charge is -2.11. The number of amides is 2. The van der Waals surface area contributed by atoms with Crippen molar-refractivity contribution in [3.63, 3.8) is 0 Å². The highest BCUT2D eigenvalue weighted by atomic mass is 79.9. The number of benzene rings is 1. The highest BCUT2D eigenvalue weighted by Crippen LogP contribution is 2.34. The molecule has 0 unspecified atom stereocenters. The molecule has 2 rings (SSSR count). The van der Waals surface area contributed by atoms with Crippen LogP contribution in [0.25, 0.3) is 6.08 Å². The predicted octanol–water partition coefficient (Wildman–Crippen LogP) is 3.61. The summed E-state index contributed by atoms with van der Waals surface area (Å²) in [5, 5.41) is -0.507. The maximum Gasteiger partial charge on any atom is 0.326 e. The number of esters is 1. The maximum absolute atomic E-state index is 12.4. The zero-order valence-corrected chi connectivity index (χ0v) is 15.9. The first-order chi connectivity index (χ1) is 12.0. The van der Waals surface area contributed by atoms with Crippen LogP contribution < -0.4 is 4.74 Å². The third-order valence-electron chi connectivity index (χ3n) is 3.08. The van der Waals surface area contributed by atoms with Gasteiger partial charge in [0.05, 0.1) is 11.5 Å². The quantitative estimate of drug-likeness (QED) is 0.377. The van der Waals surface area contributed by atoms with Crippen LogP contribution in [-0.2, 0) is 14.3 Å². The van der Waals surface area contributed by atoms with E-state index < -0.39 is 23.7 Å². The summed E-state index contributed by atoms with van der Waals surface area (Å²) in [6, 6.07) is 5.34. The van der Waals surface area contributed by atoms with Gasteiger partial charge in [0.1, 0.15) is 18.9 Å². The van der Waals surface area contributed by atoms with Crippen LogP contribution >= 0.6 is 27.7 Å². The van der Waals surface area contributed by atoms with Gasteiger partial charge < -0.3 is 9.47 Å². The Balaban J connectivity index is 2.25. The highest BCUT2D eigenvalue weighted by molar-refractivity contribution is 9.10. The minimum absolute atomic E-state index is 0.187. The molecule has 0 aromatic heterocycles.